The van der Waals surface area contributed by atoms with Gasteiger partial charge in [0.2, 0.25) is 10.0 Å². The number of rotatable bonds is 6. The van der Waals surface area contributed by atoms with Gasteiger partial charge in [0.15, 0.2) is 0 Å². The van der Waals surface area contributed by atoms with Crippen LogP contribution in [0.5, 0.6) is 0 Å². The molecule has 0 bridgehead atoms. The van der Waals surface area contributed by atoms with Crippen molar-refractivity contribution in [3.63, 3.8) is 0 Å². The van der Waals surface area contributed by atoms with Crippen molar-refractivity contribution in [2.45, 2.75) is 17.7 Å². The molecule has 116 valence electrons. The number of carboxylic acids is 1. The Labute approximate surface area is 124 Å². The van der Waals surface area contributed by atoms with Gasteiger partial charge in [0.25, 0.3) is 0 Å². The maximum atomic E-state index is 12.5. The van der Waals surface area contributed by atoms with E-state index in [-0.39, 0.29) is 24.0 Å². The molecule has 1 aromatic carbocycles. The van der Waals surface area contributed by atoms with Crippen molar-refractivity contribution in [2.24, 2.45) is 5.92 Å². The van der Waals surface area contributed by atoms with Crippen LogP contribution < -0.4 is 0 Å². The molecule has 0 aliphatic carbocycles. The SMILES string of the molecule is O=C(O)COCC1CCCN(S(=O)(=O)c2ccccc2)C1. The zero-order chi connectivity index (χ0) is 15.3. The molecule has 1 fully saturated rings. The molecule has 7 heteroatoms. The Kier molecular flexibility index (Phi) is 5.33. The van der Waals surface area contributed by atoms with Crippen LogP contribution >= 0.6 is 0 Å². The van der Waals surface area contributed by atoms with Gasteiger partial charge < -0.3 is 9.84 Å². The summed E-state index contributed by atoms with van der Waals surface area (Å²) in [4.78, 5) is 10.7. The molecule has 0 amide bonds. The Morgan fingerprint density at radius 1 is 1.33 bits per heavy atom. The lowest BCUT2D eigenvalue weighted by Crippen LogP contribution is -2.41. The van der Waals surface area contributed by atoms with Crippen LogP contribution in [-0.4, -0.2) is 50.1 Å². The van der Waals surface area contributed by atoms with Crippen molar-refractivity contribution >= 4 is 16.0 Å². The van der Waals surface area contributed by atoms with Crippen molar-refractivity contribution in [2.75, 3.05) is 26.3 Å². The van der Waals surface area contributed by atoms with Gasteiger partial charge in [-0.15, -0.1) is 0 Å². The number of carboxylic acid groups (broad SMARTS) is 1. The van der Waals surface area contributed by atoms with E-state index in [2.05, 4.69) is 0 Å². The highest BCUT2D eigenvalue weighted by Crippen LogP contribution is 2.23. The Hall–Kier alpha value is -1.44. The Morgan fingerprint density at radius 3 is 2.71 bits per heavy atom. The zero-order valence-electron chi connectivity index (χ0n) is 11.6. The normalized spacial score (nSPS) is 20.3. The molecule has 1 saturated heterocycles. The predicted molar refractivity (Wildman–Crippen MR) is 76.4 cm³/mol. The van der Waals surface area contributed by atoms with Gasteiger partial charge in [-0.1, -0.05) is 18.2 Å². The van der Waals surface area contributed by atoms with E-state index in [0.717, 1.165) is 12.8 Å². The number of nitrogens with zero attached hydrogens (tertiary/aromatic N) is 1. The van der Waals surface area contributed by atoms with Gasteiger partial charge in [-0.25, -0.2) is 13.2 Å². The molecule has 1 N–H and O–H groups in total. The molecule has 0 spiro atoms. The van der Waals surface area contributed by atoms with Crippen molar-refractivity contribution in [1.82, 2.24) is 4.31 Å². The highest BCUT2D eigenvalue weighted by Gasteiger charge is 2.30. The summed E-state index contributed by atoms with van der Waals surface area (Å²) in [5, 5.41) is 8.54. The summed E-state index contributed by atoms with van der Waals surface area (Å²) < 4.78 is 31.6. The molecule has 0 radical (unpaired) electrons. The lowest BCUT2D eigenvalue weighted by molar-refractivity contribution is -0.142. The lowest BCUT2D eigenvalue weighted by Gasteiger charge is -2.31. The van der Waals surface area contributed by atoms with Gasteiger partial charge in [0.05, 0.1) is 11.5 Å². The first-order valence-electron chi connectivity index (χ1n) is 6.85. The molecule has 0 saturated carbocycles. The molecular formula is C14H19NO5S. The topological polar surface area (TPSA) is 83.9 Å². The molecule has 1 atom stereocenters. The van der Waals surface area contributed by atoms with Crippen LogP contribution in [0, 0.1) is 5.92 Å². The average molecular weight is 313 g/mol. The van der Waals surface area contributed by atoms with Crippen molar-refractivity contribution < 1.29 is 23.1 Å². The molecule has 1 aromatic rings. The highest BCUT2D eigenvalue weighted by molar-refractivity contribution is 7.89. The van der Waals surface area contributed by atoms with Crippen LogP contribution in [0.1, 0.15) is 12.8 Å². The lowest BCUT2D eigenvalue weighted by atomic mass is 10.0. The summed E-state index contributed by atoms with van der Waals surface area (Å²) in [5.74, 6) is -0.976. The number of carbonyl (C=O) groups is 1. The molecule has 1 aliphatic rings. The fraction of sp³-hybridized carbons (Fsp3) is 0.500. The van der Waals surface area contributed by atoms with E-state index in [0.29, 0.717) is 13.1 Å². The first-order valence-corrected chi connectivity index (χ1v) is 8.29. The van der Waals surface area contributed by atoms with Crippen LogP contribution in [0.4, 0.5) is 0 Å². The number of sulfonamides is 1. The van der Waals surface area contributed by atoms with Gasteiger partial charge in [-0.2, -0.15) is 4.31 Å². The number of ether oxygens (including phenoxy) is 1. The van der Waals surface area contributed by atoms with Crippen LogP contribution in [0.15, 0.2) is 35.2 Å². The number of benzene rings is 1. The summed E-state index contributed by atoms with van der Waals surface area (Å²) in [6.45, 7) is 0.790. The minimum absolute atomic E-state index is 0.0385. The van der Waals surface area contributed by atoms with E-state index < -0.39 is 16.0 Å². The predicted octanol–water partition coefficient (Wildman–Crippen LogP) is 1.19. The Bertz CT molecular complexity index is 572. The van der Waals surface area contributed by atoms with Crippen LogP contribution in [0.2, 0.25) is 0 Å². The monoisotopic (exact) mass is 313 g/mol. The highest BCUT2D eigenvalue weighted by atomic mass is 32.2. The van der Waals surface area contributed by atoms with Crippen LogP contribution in [-0.2, 0) is 19.6 Å². The van der Waals surface area contributed by atoms with Crippen molar-refractivity contribution in [1.29, 1.82) is 0 Å². The quantitative estimate of drug-likeness (QED) is 0.853. The fourth-order valence-corrected chi connectivity index (χ4v) is 4.01. The Morgan fingerprint density at radius 2 is 2.05 bits per heavy atom. The van der Waals surface area contributed by atoms with Crippen LogP contribution in [0.25, 0.3) is 0 Å². The zero-order valence-corrected chi connectivity index (χ0v) is 12.5. The van der Waals surface area contributed by atoms with Gasteiger partial charge in [-0.05, 0) is 30.9 Å². The van der Waals surface area contributed by atoms with Crippen LogP contribution in [0.3, 0.4) is 0 Å². The second-order valence-electron chi connectivity index (χ2n) is 5.09. The number of aliphatic carboxylic acids is 1. The van der Waals surface area contributed by atoms with E-state index in [1.54, 1.807) is 30.3 Å². The second kappa shape index (κ2) is 7.02. The third kappa shape index (κ3) is 4.26. The summed E-state index contributed by atoms with van der Waals surface area (Å²) >= 11 is 0. The summed E-state index contributed by atoms with van der Waals surface area (Å²) in [6, 6.07) is 8.34. The minimum atomic E-state index is -3.47. The maximum absolute atomic E-state index is 12.5. The minimum Gasteiger partial charge on any atom is -0.480 e. The van der Waals surface area contributed by atoms with E-state index in [9.17, 15) is 13.2 Å². The maximum Gasteiger partial charge on any atom is 0.329 e. The number of piperidine rings is 1. The van der Waals surface area contributed by atoms with E-state index in [1.165, 1.54) is 4.31 Å². The first-order chi connectivity index (χ1) is 10.00. The van der Waals surface area contributed by atoms with Gasteiger partial charge in [-0.3, -0.25) is 0 Å². The summed E-state index contributed by atoms with van der Waals surface area (Å²) in [5.41, 5.74) is 0. The molecule has 1 heterocycles. The fourth-order valence-electron chi connectivity index (χ4n) is 2.44. The number of hydrogen-bond acceptors (Lipinski definition) is 4. The van der Waals surface area contributed by atoms with E-state index in [1.807, 2.05) is 0 Å². The third-order valence-electron chi connectivity index (χ3n) is 3.44. The second-order valence-corrected chi connectivity index (χ2v) is 7.03. The molecule has 21 heavy (non-hydrogen) atoms. The van der Waals surface area contributed by atoms with Gasteiger partial charge >= 0.3 is 5.97 Å². The molecule has 6 nitrogen and oxygen atoms in total. The molecule has 2 rings (SSSR count). The summed E-state index contributed by atoms with van der Waals surface area (Å²) in [7, 11) is -3.47. The summed E-state index contributed by atoms with van der Waals surface area (Å²) in [6.07, 6.45) is 1.60. The smallest absolute Gasteiger partial charge is 0.329 e. The third-order valence-corrected chi connectivity index (χ3v) is 5.32. The van der Waals surface area contributed by atoms with Crippen molar-refractivity contribution in [3.05, 3.63) is 30.3 Å². The van der Waals surface area contributed by atoms with Gasteiger partial charge in [0.1, 0.15) is 6.61 Å². The Balaban J connectivity index is 1.99. The first kappa shape index (κ1) is 15.9. The van der Waals surface area contributed by atoms with E-state index in [4.69, 9.17) is 9.84 Å². The average Bonchev–Trinajstić information content (AvgIpc) is 2.48. The molecular weight excluding hydrogens is 294 g/mol. The van der Waals surface area contributed by atoms with Gasteiger partial charge in [0, 0.05) is 13.1 Å². The van der Waals surface area contributed by atoms with Crippen molar-refractivity contribution in [3.8, 4) is 0 Å². The molecule has 1 aliphatic heterocycles. The molecule has 0 aromatic heterocycles. The number of hydrogen-bond donors (Lipinski definition) is 1. The van der Waals surface area contributed by atoms with E-state index >= 15 is 0 Å². The molecule has 1 unspecified atom stereocenters. The standard InChI is InChI=1S/C14H19NO5S/c16-14(17)11-20-10-12-5-4-8-15(9-12)21(18,19)13-6-2-1-3-7-13/h1-3,6-7,12H,4-5,8-11H2,(H,16,17). The largest absolute Gasteiger partial charge is 0.480 e.